The van der Waals surface area contributed by atoms with Crippen LogP contribution >= 0.6 is 34.8 Å². The molecule has 25 nitrogen and oxygen atoms in total. The first kappa shape index (κ1) is 69.7. The molecule has 2 saturated heterocycles. The Labute approximate surface area is 570 Å². The quantitative estimate of drug-likeness (QED) is 0.0236. The molecule has 510 valence electrons. The van der Waals surface area contributed by atoms with Crippen LogP contribution in [0.2, 0.25) is 15.1 Å². The van der Waals surface area contributed by atoms with Crippen LogP contribution in [0.25, 0.3) is 0 Å². The number of aromatic hydroxyl groups is 2. The third kappa shape index (κ3) is 22.2. The second kappa shape index (κ2) is 36.1. The molecule has 3 aromatic heterocycles. The Morgan fingerprint density at radius 2 is 0.768 bits per heavy atom. The van der Waals surface area contributed by atoms with Crippen molar-refractivity contribution in [2.24, 2.45) is 0 Å². The van der Waals surface area contributed by atoms with Gasteiger partial charge in [-0.25, -0.2) is 0 Å². The van der Waals surface area contributed by atoms with Gasteiger partial charge in [0, 0.05) is 47.8 Å². The van der Waals surface area contributed by atoms with Gasteiger partial charge in [-0.1, -0.05) is 112 Å². The molecule has 3 saturated carbocycles. The number of piperidine rings is 2. The summed E-state index contributed by atoms with van der Waals surface area (Å²) in [5.74, 6) is 4.14. The average molecular weight is 1370 g/mol. The summed E-state index contributed by atoms with van der Waals surface area (Å²) in [6.07, 6.45) is 25.6. The number of phenolic OH excluding ortho intramolecular Hbond substituents is 2. The molecule has 2 aliphatic heterocycles. The molecule has 0 amide bonds. The molecule has 0 radical (unpaired) electrons. The van der Waals surface area contributed by atoms with Gasteiger partial charge in [-0.15, -0.1) is 0 Å². The zero-order chi connectivity index (χ0) is 66.1. The molecular formula is C67H88Cl3N17O8. The van der Waals surface area contributed by atoms with Crippen LogP contribution in [0.4, 0.5) is 52.8 Å². The van der Waals surface area contributed by atoms with Gasteiger partial charge in [0.15, 0.2) is 11.5 Å². The highest BCUT2D eigenvalue weighted by Crippen LogP contribution is 2.36. The number of ether oxygens (including phenoxy) is 6. The largest absolute Gasteiger partial charge is 0.508 e. The van der Waals surface area contributed by atoms with E-state index in [4.69, 9.17) is 63.2 Å². The number of benzene rings is 4. The predicted octanol–water partition coefficient (Wildman–Crippen LogP) is 14.7. The Morgan fingerprint density at radius 1 is 0.379 bits per heavy atom. The maximum atomic E-state index is 10.1. The monoisotopic (exact) mass is 1360 g/mol. The molecule has 0 bridgehead atoms. The van der Waals surface area contributed by atoms with E-state index in [9.17, 15) is 10.2 Å². The van der Waals surface area contributed by atoms with Crippen LogP contribution in [-0.2, 0) is 0 Å². The summed E-state index contributed by atoms with van der Waals surface area (Å²) in [5.41, 5.74) is 2.19. The molecule has 5 fully saturated rings. The first-order valence-electron chi connectivity index (χ1n) is 33.2. The van der Waals surface area contributed by atoms with E-state index in [0.29, 0.717) is 91.9 Å². The SMILES string of the molecule is COc1ccc(Nc2nc(NC3CCCCCC3)nc(OC3CCCNC3)n2)cc1Cl.COc1ccc(Nc2nc(NC3CCCCCC3)nc(OC3CCNCC3)n2)cc1Cl.COc1ccc(Nc2nc(NC3CCCCCC3)nc(Oc3cc(O)ccc3O)n2)cc1Cl. The molecule has 12 rings (SSSR count). The predicted molar refractivity (Wildman–Crippen MR) is 372 cm³/mol. The van der Waals surface area contributed by atoms with E-state index in [1.807, 2.05) is 24.3 Å². The first-order chi connectivity index (χ1) is 46.4. The lowest BCUT2D eigenvalue weighted by molar-refractivity contribution is 0.149. The maximum absolute atomic E-state index is 10.1. The van der Waals surface area contributed by atoms with Crippen molar-refractivity contribution in [1.29, 1.82) is 0 Å². The van der Waals surface area contributed by atoms with E-state index >= 15 is 0 Å². The Kier molecular flexibility index (Phi) is 26.5. The van der Waals surface area contributed by atoms with Gasteiger partial charge in [-0.05, 0) is 151 Å². The number of phenols is 2. The van der Waals surface area contributed by atoms with Crippen LogP contribution in [0.5, 0.6) is 52.5 Å². The van der Waals surface area contributed by atoms with E-state index in [2.05, 4.69) is 87.4 Å². The molecule has 4 aromatic carbocycles. The summed E-state index contributed by atoms with van der Waals surface area (Å²) in [4.78, 5) is 40.6. The number of methoxy groups -OCH3 is 3. The summed E-state index contributed by atoms with van der Waals surface area (Å²) >= 11 is 18.8. The summed E-state index contributed by atoms with van der Waals surface area (Å²) in [5, 5.41) is 48.0. The minimum atomic E-state index is -0.150. The standard InChI is InChI=1S/C23H26ClN5O4.2C22H31ClN6O2/c1-32-19-11-8-15(12-17(19)24)26-22-27-21(25-14-6-4-2-3-5-7-14)28-23(29-22)33-20-13-16(30)9-10-18(20)31;1-30-19-11-10-16(13-18(19)23)26-21-27-20(25-15-7-4-2-3-5-8-15)28-22(29-21)31-17-9-6-12-24-14-17;1-30-19-9-8-16(14-18(19)23)26-21-27-20(25-15-6-4-2-3-5-7-15)28-22(29-21)31-17-10-12-24-13-11-17/h8-14,30-31H,2-7H2,1H3,(H2,25,26,27,28,29);10-11,13,15,17,24H,2-9,12,14H2,1H3,(H2,25,26,27,28,29);8-9,14-15,17,24H,2-7,10-13H2,1H3,(H2,25,26,27,28,29). The van der Waals surface area contributed by atoms with Crippen LogP contribution in [0.1, 0.15) is 141 Å². The molecule has 1 unspecified atom stereocenters. The van der Waals surface area contributed by atoms with E-state index in [-0.39, 0.29) is 47.5 Å². The fraction of sp³-hybridized carbons (Fsp3) is 0.507. The number of hydrogen-bond acceptors (Lipinski definition) is 25. The van der Waals surface area contributed by atoms with Crippen LogP contribution in [0.3, 0.4) is 0 Å². The normalized spacial score (nSPS) is 17.5. The Hall–Kier alpha value is -8.10. The van der Waals surface area contributed by atoms with E-state index in [0.717, 1.165) is 115 Å². The average Bonchev–Trinajstić information content (AvgIpc) is 1.17. The fourth-order valence-corrected chi connectivity index (χ4v) is 12.6. The van der Waals surface area contributed by atoms with Gasteiger partial charge < -0.3 is 81.2 Å². The Bertz CT molecular complexity index is 3390. The molecular weight excluding hydrogens is 1280 g/mol. The molecule has 95 heavy (non-hydrogen) atoms. The van der Waals surface area contributed by atoms with Gasteiger partial charge in [-0.3, -0.25) is 0 Å². The topological polar surface area (TPSA) is 308 Å². The molecule has 28 heteroatoms. The number of aromatic nitrogens is 9. The van der Waals surface area contributed by atoms with Crippen molar-refractivity contribution in [2.45, 2.75) is 172 Å². The van der Waals surface area contributed by atoms with Gasteiger partial charge in [0.2, 0.25) is 35.7 Å². The third-order valence-electron chi connectivity index (χ3n) is 16.9. The van der Waals surface area contributed by atoms with Crippen LogP contribution in [0, 0.1) is 0 Å². The van der Waals surface area contributed by atoms with E-state index in [1.165, 1.54) is 82.4 Å². The second-order valence-corrected chi connectivity index (χ2v) is 25.3. The molecule has 7 aromatic rings. The van der Waals surface area contributed by atoms with Gasteiger partial charge in [-0.2, -0.15) is 44.9 Å². The number of hydrogen-bond donors (Lipinski definition) is 10. The smallest absolute Gasteiger partial charge is 0.328 e. The molecule has 5 heterocycles. The van der Waals surface area contributed by atoms with Crippen molar-refractivity contribution in [2.75, 3.05) is 79.4 Å². The second-order valence-electron chi connectivity index (χ2n) is 24.1. The van der Waals surface area contributed by atoms with E-state index in [1.54, 1.807) is 51.7 Å². The summed E-state index contributed by atoms with van der Waals surface area (Å²) < 4.78 is 33.6. The van der Waals surface area contributed by atoms with Crippen molar-refractivity contribution in [3.8, 4) is 52.5 Å². The van der Waals surface area contributed by atoms with Gasteiger partial charge in [0.1, 0.15) is 35.2 Å². The lowest BCUT2D eigenvalue weighted by Gasteiger charge is -2.23. The summed E-state index contributed by atoms with van der Waals surface area (Å²) in [7, 11) is 4.73. The minimum absolute atomic E-state index is 0.0278. The van der Waals surface area contributed by atoms with Crippen LogP contribution in [0.15, 0.2) is 72.8 Å². The van der Waals surface area contributed by atoms with Crippen molar-refractivity contribution in [1.82, 2.24) is 55.5 Å². The molecule has 10 N–H and O–H groups in total. The lowest BCUT2D eigenvalue weighted by Crippen LogP contribution is -2.37. The van der Waals surface area contributed by atoms with Gasteiger partial charge in [0.25, 0.3) is 0 Å². The van der Waals surface area contributed by atoms with Crippen LogP contribution < -0.4 is 71.0 Å². The van der Waals surface area contributed by atoms with Crippen molar-refractivity contribution < 1.29 is 38.6 Å². The number of nitrogens with one attached hydrogen (secondary N) is 8. The Balaban J connectivity index is 0.000000155. The number of halogens is 3. The molecule has 0 spiro atoms. The minimum Gasteiger partial charge on any atom is -0.508 e. The maximum Gasteiger partial charge on any atom is 0.328 e. The van der Waals surface area contributed by atoms with Crippen molar-refractivity contribution in [3.05, 3.63) is 87.9 Å². The summed E-state index contributed by atoms with van der Waals surface area (Å²) in [6.45, 7) is 3.71. The van der Waals surface area contributed by atoms with Crippen molar-refractivity contribution >= 4 is 87.6 Å². The fourth-order valence-electron chi connectivity index (χ4n) is 11.8. The molecule has 1 atom stereocenters. The first-order valence-corrected chi connectivity index (χ1v) is 34.4. The molecule has 3 aliphatic carbocycles. The number of rotatable bonds is 21. The molecule has 5 aliphatic rings. The summed E-state index contributed by atoms with van der Waals surface area (Å²) in [6, 6.07) is 21.8. The van der Waals surface area contributed by atoms with Gasteiger partial charge >= 0.3 is 18.0 Å². The van der Waals surface area contributed by atoms with Crippen molar-refractivity contribution in [3.63, 3.8) is 0 Å². The van der Waals surface area contributed by atoms with E-state index < -0.39 is 0 Å². The van der Waals surface area contributed by atoms with Crippen LogP contribution in [-0.4, -0.2) is 133 Å². The zero-order valence-electron chi connectivity index (χ0n) is 54.2. The highest BCUT2D eigenvalue weighted by molar-refractivity contribution is 6.33. The number of nitrogens with zero attached hydrogens (tertiary/aromatic N) is 9. The highest BCUT2D eigenvalue weighted by Gasteiger charge is 2.24. The third-order valence-corrected chi connectivity index (χ3v) is 17.7. The van der Waals surface area contributed by atoms with Gasteiger partial charge in [0.05, 0.1) is 36.4 Å². The number of anilines is 9. The lowest BCUT2D eigenvalue weighted by atomic mass is 10.1. The Morgan fingerprint density at radius 3 is 1.16 bits per heavy atom. The highest BCUT2D eigenvalue weighted by atomic mass is 35.5. The zero-order valence-corrected chi connectivity index (χ0v) is 56.5.